The van der Waals surface area contributed by atoms with E-state index in [2.05, 4.69) is 0 Å². The SMILES string of the molecule is Cc1ccc2oc(=O)c(CC(CCc3cccc(OCc4ccccc4)c3)C(=O)NO)cc2c1. The van der Waals surface area contributed by atoms with E-state index in [4.69, 9.17) is 9.15 Å². The number of nitrogens with one attached hydrogen (secondary N) is 1. The topological polar surface area (TPSA) is 88.8 Å². The summed E-state index contributed by atoms with van der Waals surface area (Å²) in [5, 5.41) is 10.1. The van der Waals surface area contributed by atoms with Gasteiger partial charge in [-0.3, -0.25) is 10.0 Å². The van der Waals surface area contributed by atoms with Crippen LogP contribution in [0.25, 0.3) is 11.0 Å². The van der Waals surface area contributed by atoms with Crippen molar-refractivity contribution in [1.82, 2.24) is 5.48 Å². The van der Waals surface area contributed by atoms with Crippen LogP contribution in [-0.2, 0) is 24.2 Å². The average Bonchev–Trinajstić information content (AvgIpc) is 2.86. The van der Waals surface area contributed by atoms with Crippen molar-refractivity contribution in [2.75, 3.05) is 0 Å². The maximum absolute atomic E-state index is 12.5. The largest absolute Gasteiger partial charge is 0.489 e. The Hall–Kier alpha value is -3.90. The van der Waals surface area contributed by atoms with E-state index in [-0.39, 0.29) is 6.42 Å². The molecule has 0 bridgehead atoms. The van der Waals surface area contributed by atoms with Gasteiger partial charge < -0.3 is 9.15 Å². The number of ether oxygens (including phenoxy) is 1. The molecule has 0 spiro atoms. The smallest absolute Gasteiger partial charge is 0.339 e. The summed E-state index contributed by atoms with van der Waals surface area (Å²) in [5.74, 6) is -0.376. The fourth-order valence-corrected chi connectivity index (χ4v) is 3.98. The molecule has 0 aliphatic carbocycles. The van der Waals surface area contributed by atoms with Crippen LogP contribution in [0.4, 0.5) is 0 Å². The maximum atomic E-state index is 12.5. The van der Waals surface area contributed by atoms with Crippen LogP contribution >= 0.6 is 0 Å². The number of hydroxylamine groups is 1. The summed E-state index contributed by atoms with van der Waals surface area (Å²) in [6.07, 6.45) is 1.20. The van der Waals surface area contributed by atoms with Crippen LogP contribution in [-0.4, -0.2) is 11.1 Å². The van der Waals surface area contributed by atoms with E-state index < -0.39 is 17.5 Å². The predicted octanol–water partition coefficient (Wildman–Crippen LogP) is 4.98. The molecule has 4 aromatic rings. The number of carbonyl (C=O) groups excluding carboxylic acids is 1. The minimum absolute atomic E-state index is 0.169. The number of carbonyl (C=O) groups is 1. The molecule has 0 fully saturated rings. The van der Waals surface area contributed by atoms with Crippen LogP contribution in [0.15, 0.2) is 88.1 Å². The molecule has 1 aromatic heterocycles. The summed E-state index contributed by atoms with van der Waals surface area (Å²) in [5.41, 5.74) is 5.32. The van der Waals surface area contributed by atoms with Crippen LogP contribution in [0.2, 0.25) is 0 Å². The third-order valence-electron chi connectivity index (χ3n) is 5.84. The van der Waals surface area contributed by atoms with Gasteiger partial charge in [0.05, 0.1) is 0 Å². The Morgan fingerprint density at radius 3 is 2.59 bits per heavy atom. The quantitative estimate of drug-likeness (QED) is 0.210. The molecule has 1 amide bonds. The summed E-state index contributed by atoms with van der Waals surface area (Å²) in [7, 11) is 0. The number of hydrogen-bond donors (Lipinski definition) is 2. The van der Waals surface area contributed by atoms with Crippen molar-refractivity contribution < 1.29 is 19.2 Å². The van der Waals surface area contributed by atoms with Crippen LogP contribution in [0.5, 0.6) is 5.75 Å². The van der Waals surface area contributed by atoms with Gasteiger partial charge in [0, 0.05) is 16.9 Å². The van der Waals surface area contributed by atoms with E-state index in [0.29, 0.717) is 30.6 Å². The summed E-state index contributed by atoms with van der Waals surface area (Å²) >= 11 is 0. The number of hydrogen-bond acceptors (Lipinski definition) is 5. The van der Waals surface area contributed by atoms with E-state index in [1.54, 1.807) is 17.6 Å². The first-order valence-corrected chi connectivity index (χ1v) is 11.2. The number of fused-ring (bicyclic) bond motifs is 1. The Kier molecular flexibility index (Phi) is 7.40. The Labute approximate surface area is 197 Å². The Balaban J connectivity index is 1.45. The van der Waals surface area contributed by atoms with Crippen molar-refractivity contribution in [3.8, 4) is 5.75 Å². The molecule has 34 heavy (non-hydrogen) atoms. The Morgan fingerprint density at radius 2 is 1.79 bits per heavy atom. The van der Waals surface area contributed by atoms with Gasteiger partial charge in [-0.2, -0.15) is 0 Å². The molecule has 3 aromatic carbocycles. The highest BCUT2D eigenvalue weighted by atomic mass is 16.5. The summed E-state index contributed by atoms with van der Waals surface area (Å²) in [6, 6.07) is 25.0. The summed E-state index contributed by atoms with van der Waals surface area (Å²) in [4.78, 5) is 24.9. The lowest BCUT2D eigenvalue weighted by molar-refractivity contribution is -0.133. The van der Waals surface area contributed by atoms with Gasteiger partial charge in [0.1, 0.15) is 17.9 Å². The third-order valence-corrected chi connectivity index (χ3v) is 5.84. The van der Waals surface area contributed by atoms with Crippen LogP contribution in [0.1, 0.15) is 28.7 Å². The first-order chi connectivity index (χ1) is 16.5. The lowest BCUT2D eigenvalue weighted by atomic mass is 9.92. The molecule has 0 saturated heterocycles. The molecule has 0 saturated carbocycles. The zero-order valence-corrected chi connectivity index (χ0v) is 19.0. The maximum Gasteiger partial charge on any atom is 0.339 e. The van der Waals surface area contributed by atoms with Crippen molar-refractivity contribution in [2.24, 2.45) is 5.92 Å². The normalized spacial score (nSPS) is 11.8. The molecule has 0 radical (unpaired) electrons. The van der Waals surface area contributed by atoms with Crippen molar-refractivity contribution >= 4 is 16.9 Å². The molecule has 174 valence electrons. The molecular weight excluding hydrogens is 430 g/mol. The molecule has 4 rings (SSSR count). The Bertz CT molecular complexity index is 1330. The molecule has 1 unspecified atom stereocenters. The average molecular weight is 458 g/mol. The zero-order chi connectivity index (χ0) is 23.9. The second-order valence-corrected chi connectivity index (χ2v) is 8.44. The van der Waals surface area contributed by atoms with Gasteiger partial charge in [-0.1, -0.05) is 54.1 Å². The first-order valence-electron chi connectivity index (χ1n) is 11.2. The molecule has 0 aliphatic rings. The van der Waals surface area contributed by atoms with Crippen LogP contribution in [0, 0.1) is 12.8 Å². The highest BCUT2D eigenvalue weighted by Crippen LogP contribution is 2.21. The second kappa shape index (κ2) is 10.8. The second-order valence-electron chi connectivity index (χ2n) is 8.44. The van der Waals surface area contributed by atoms with Crippen molar-refractivity contribution in [2.45, 2.75) is 32.8 Å². The van der Waals surface area contributed by atoms with E-state index in [9.17, 15) is 14.8 Å². The minimum atomic E-state index is -0.593. The minimum Gasteiger partial charge on any atom is -0.489 e. The predicted molar refractivity (Wildman–Crippen MR) is 130 cm³/mol. The van der Waals surface area contributed by atoms with E-state index >= 15 is 0 Å². The summed E-state index contributed by atoms with van der Waals surface area (Å²) < 4.78 is 11.3. The fourth-order valence-electron chi connectivity index (χ4n) is 3.98. The lowest BCUT2D eigenvalue weighted by Gasteiger charge is -2.15. The molecular formula is C28H27NO5. The third kappa shape index (κ3) is 5.91. The number of rotatable bonds is 9. The van der Waals surface area contributed by atoms with Crippen LogP contribution < -0.4 is 15.8 Å². The summed E-state index contributed by atoms with van der Waals surface area (Å²) in [6.45, 7) is 2.43. The molecule has 0 aliphatic heterocycles. The molecule has 1 atom stereocenters. The van der Waals surface area contributed by atoms with E-state index in [1.807, 2.05) is 73.7 Å². The Morgan fingerprint density at radius 1 is 1.00 bits per heavy atom. The van der Waals surface area contributed by atoms with E-state index in [1.165, 1.54) is 0 Å². The van der Waals surface area contributed by atoms with Gasteiger partial charge in [-0.25, -0.2) is 10.3 Å². The molecule has 1 heterocycles. The number of amides is 1. The number of aryl methyl sites for hydroxylation is 2. The van der Waals surface area contributed by atoms with Gasteiger partial charge >= 0.3 is 5.63 Å². The van der Waals surface area contributed by atoms with Crippen molar-refractivity contribution in [1.29, 1.82) is 0 Å². The highest BCUT2D eigenvalue weighted by molar-refractivity contribution is 5.79. The van der Waals surface area contributed by atoms with Gasteiger partial charge in [0.15, 0.2) is 0 Å². The van der Waals surface area contributed by atoms with Crippen molar-refractivity contribution in [3.63, 3.8) is 0 Å². The fraction of sp³-hybridized carbons (Fsp3) is 0.214. The standard InChI is InChI=1S/C28H27NO5/c1-19-10-13-26-23(14-19)17-24(28(31)34-26)16-22(27(30)29-32)12-11-20-8-5-9-25(15-20)33-18-21-6-3-2-4-7-21/h2-10,13-15,17,22,32H,11-12,16,18H2,1H3,(H,29,30). The zero-order valence-electron chi connectivity index (χ0n) is 19.0. The van der Waals surface area contributed by atoms with Gasteiger partial charge in [0.2, 0.25) is 5.91 Å². The highest BCUT2D eigenvalue weighted by Gasteiger charge is 2.21. The van der Waals surface area contributed by atoms with Crippen LogP contribution in [0.3, 0.4) is 0 Å². The van der Waals surface area contributed by atoms with Gasteiger partial charge in [-0.05, 0) is 67.6 Å². The molecule has 2 N–H and O–H groups in total. The van der Waals surface area contributed by atoms with Crippen molar-refractivity contribution in [3.05, 3.63) is 112 Å². The number of benzene rings is 3. The lowest BCUT2D eigenvalue weighted by Crippen LogP contribution is -2.31. The van der Waals surface area contributed by atoms with Gasteiger partial charge in [0.25, 0.3) is 0 Å². The monoisotopic (exact) mass is 457 g/mol. The van der Waals surface area contributed by atoms with E-state index in [0.717, 1.165) is 27.8 Å². The first kappa shape index (κ1) is 23.3. The molecule has 6 heteroatoms. The van der Waals surface area contributed by atoms with Gasteiger partial charge in [-0.15, -0.1) is 0 Å². The molecule has 6 nitrogen and oxygen atoms in total.